The van der Waals surface area contributed by atoms with Gasteiger partial charge >= 0.3 is 18.0 Å². The van der Waals surface area contributed by atoms with Crippen molar-refractivity contribution in [1.29, 1.82) is 0 Å². The van der Waals surface area contributed by atoms with E-state index in [4.69, 9.17) is 9.29 Å². The van der Waals surface area contributed by atoms with Crippen molar-refractivity contribution in [1.82, 2.24) is 0 Å². The monoisotopic (exact) mass is 730 g/mol. The molecule has 1 rings (SSSR count). The van der Waals surface area contributed by atoms with Crippen LogP contribution >= 0.6 is 67.8 Å². The quantitative estimate of drug-likeness (QED) is 0.144. The van der Waals surface area contributed by atoms with Crippen LogP contribution in [0.25, 0.3) is 0 Å². The van der Waals surface area contributed by atoms with Crippen LogP contribution in [0.5, 0.6) is 0 Å². The van der Waals surface area contributed by atoms with Crippen molar-refractivity contribution >= 4 is 89.8 Å². The van der Waals surface area contributed by atoms with Gasteiger partial charge in [-0.25, -0.2) is 4.79 Å². The second-order valence-corrected chi connectivity index (χ2v) is 9.77. The van der Waals surface area contributed by atoms with Gasteiger partial charge in [0.15, 0.2) is 5.75 Å². The SMILES string of the molecule is O=C(CCCOC(=O)c1cc(I)cc(I)c1I)OC(F)(F)CS(=O)(=O)O. The lowest BCUT2D eigenvalue weighted by Crippen LogP contribution is -2.33. The van der Waals surface area contributed by atoms with Gasteiger partial charge in [-0.3, -0.25) is 9.35 Å². The van der Waals surface area contributed by atoms with E-state index in [0.29, 0.717) is 9.13 Å². The van der Waals surface area contributed by atoms with E-state index in [1.165, 1.54) is 0 Å². The van der Waals surface area contributed by atoms with E-state index in [1.807, 2.05) is 51.2 Å². The summed E-state index contributed by atoms with van der Waals surface area (Å²) in [6.07, 6.45) is -4.95. The first-order chi connectivity index (χ1) is 11.8. The highest BCUT2D eigenvalue weighted by atomic mass is 127. The molecule has 0 amide bonds. The predicted molar refractivity (Wildman–Crippen MR) is 112 cm³/mol. The van der Waals surface area contributed by atoms with Crippen LogP contribution in [0.3, 0.4) is 0 Å². The second-order valence-electron chi connectivity index (χ2n) is 4.83. The molecule has 13 heteroatoms. The van der Waals surface area contributed by atoms with Gasteiger partial charge in [0.1, 0.15) is 0 Å². The largest absolute Gasteiger partial charge is 0.462 e. The summed E-state index contributed by atoms with van der Waals surface area (Å²) in [7, 11) is -5.00. The maximum atomic E-state index is 13.1. The summed E-state index contributed by atoms with van der Waals surface area (Å²) >= 11 is 6.11. The van der Waals surface area contributed by atoms with Crippen molar-refractivity contribution in [3.8, 4) is 0 Å². The van der Waals surface area contributed by atoms with Gasteiger partial charge in [-0.15, -0.1) is 0 Å². The Labute approximate surface area is 188 Å². The minimum Gasteiger partial charge on any atom is -0.462 e. The maximum Gasteiger partial charge on any atom is 0.416 e. The first-order valence-corrected chi connectivity index (χ1v) is 11.5. The Hall–Kier alpha value is 0.120. The summed E-state index contributed by atoms with van der Waals surface area (Å²) in [5, 5.41) is 0. The Kier molecular flexibility index (Phi) is 9.34. The van der Waals surface area contributed by atoms with Gasteiger partial charge in [0.25, 0.3) is 10.1 Å². The lowest BCUT2D eigenvalue weighted by atomic mass is 10.2. The van der Waals surface area contributed by atoms with Gasteiger partial charge in [-0.1, -0.05) is 0 Å². The molecule has 0 bridgehead atoms. The standard InChI is InChI=1S/C13H11F2I3O7S/c14-13(15,6-26(21,22)23)25-10(19)2-1-3-24-12(20)8-4-7(16)5-9(17)11(8)18/h4-5H,1-3,6H2,(H,21,22,23). The summed E-state index contributed by atoms with van der Waals surface area (Å²) in [6, 6.07) is 3.51. The molecule has 1 N–H and O–H groups in total. The number of rotatable bonds is 8. The Morgan fingerprint density at radius 3 is 2.38 bits per heavy atom. The molecule has 0 heterocycles. The molecule has 0 aliphatic heterocycles. The molecule has 0 aromatic heterocycles. The fourth-order valence-corrected chi connectivity index (χ4v) is 4.48. The van der Waals surface area contributed by atoms with Gasteiger partial charge in [-0.2, -0.15) is 17.2 Å². The third kappa shape index (κ3) is 8.87. The summed E-state index contributed by atoms with van der Waals surface area (Å²) in [5.41, 5.74) is 0.351. The van der Waals surface area contributed by atoms with Crippen LogP contribution in [-0.4, -0.2) is 43.4 Å². The molecule has 0 saturated heterocycles. The first kappa shape index (κ1) is 24.2. The van der Waals surface area contributed by atoms with Crippen molar-refractivity contribution in [2.45, 2.75) is 19.0 Å². The highest BCUT2D eigenvalue weighted by molar-refractivity contribution is 14.1. The molecule has 26 heavy (non-hydrogen) atoms. The van der Waals surface area contributed by atoms with E-state index in [2.05, 4.69) is 27.3 Å². The average Bonchev–Trinajstić information content (AvgIpc) is 2.43. The van der Waals surface area contributed by atoms with E-state index in [-0.39, 0.29) is 13.0 Å². The lowest BCUT2D eigenvalue weighted by molar-refractivity contribution is -0.220. The number of carbonyl (C=O) groups is 2. The minimum atomic E-state index is -5.00. The van der Waals surface area contributed by atoms with Crippen LogP contribution < -0.4 is 0 Å². The lowest BCUT2D eigenvalue weighted by Gasteiger charge is -2.15. The van der Waals surface area contributed by atoms with Crippen LogP contribution in [0.15, 0.2) is 12.1 Å². The van der Waals surface area contributed by atoms with Gasteiger partial charge in [0.2, 0.25) is 0 Å². The molecule has 1 aromatic carbocycles. The van der Waals surface area contributed by atoms with Crippen LogP contribution in [0, 0.1) is 10.7 Å². The highest BCUT2D eigenvalue weighted by Gasteiger charge is 2.39. The molecular formula is C13H11F2I3O7S. The van der Waals surface area contributed by atoms with Crippen molar-refractivity contribution in [2.24, 2.45) is 0 Å². The minimum absolute atomic E-state index is 0.0931. The number of hydrogen-bond donors (Lipinski definition) is 1. The van der Waals surface area contributed by atoms with Crippen molar-refractivity contribution < 1.29 is 40.8 Å². The predicted octanol–water partition coefficient (Wildman–Crippen LogP) is 3.46. The molecule has 0 spiro atoms. The third-order valence-corrected chi connectivity index (χ3v) is 6.95. The van der Waals surface area contributed by atoms with Crippen LogP contribution in [0.2, 0.25) is 0 Å². The molecule has 146 valence electrons. The van der Waals surface area contributed by atoms with E-state index >= 15 is 0 Å². The molecular weight excluding hydrogens is 719 g/mol. The number of halogens is 5. The van der Waals surface area contributed by atoms with E-state index in [9.17, 15) is 26.8 Å². The summed E-state index contributed by atoms with van der Waals surface area (Å²) in [5.74, 6) is -4.02. The van der Waals surface area contributed by atoms with Gasteiger partial charge in [0, 0.05) is 17.1 Å². The molecule has 0 aliphatic rings. The Morgan fingerprint density at radius 1 is 1.19 bits per heavy atom. The fraction of sp³-hybridized carbons (Fsp3) is 0.385. The second kappa shape index (κ2) is 10.1. The van der Waals surface area contributed by atoms with E-state index < -0.39 is 40.3 Å². The van der Waals surface area contributed by atoms with Crippen LogP contribution in [-0.2, 0) is 24.4 Å². The van der Waals surface area contributed by atoms with Crippen molar-refractivity contribution in [2.75, 3.05) is 12.4 Å². The van der Waals surface area contributed by atoms with E-state index in [1.54, 1.807) is 6.07 Å². The average molecular weight is 730 g/mol. The zero-order chi connectivity index (χ0) is 20.1. The molecule has 0 unspecified atom stereocenters. The maximum absolute atomic E-state index is 13.1. The van der Waals surface area contributed by atoms with Crippen molar-refractivity contribution in [3.05, 3.63) is 28.4 Å². The molecule has 1 aromatic rings. The molecule has 0 atom stereocenters. The Morgan fingerprint density at radius 2 is 1.81 bits per heavy atom. The zero-order valence-electron chi connectivity index (χ0n) is 12.7. The summed E-state index contributed by atoms with van der Waals surface area (Å²) < 4.78 is 66.4. The highest BCUT2D eigenvalue weighted by Crippen LogP contribution is 2.23. The van der Waals surface area contributed by atoms with Crippen LogP contribution in [0.4, 0.5) is 8.78 Å². The van der Waals surface area contributed by atoms with Crippen molar-refractivity contribution in [3.63, 3.8) is 0 Å². The number of benzene rings is 1. The van der Waals surface area contributed by atoms with Gasteiger partial charge in [-0.05, 0) is 86.3 Å². The zero-order valence-corrected chi connectivity index (χ0v) is 20.0. The van der Waals surface area contributed by atoms with Crippen LogP contribution in [0.1, 0.15) is 23.2 Å². The molecule has 0 saturated carbocycles. The van der Waals surface area contributed by atoms with E-state index in [0.717, 1.165) is 7.14 Å². The number of alkyl halides is 2. The number of esters is 2. The third-order valence-electron chi connectivity index (χ3n) is 2.58. The normalized spacial score (nSPS) is 11.9. The smallest absolute Gasteiger partial charge is 0.416 e. The number of ether oxygens (including phenoxy) is 2. The topological polar surface area (TPSA) is 107 Å². The summed E-state index contributed by atoms with van der Waals surface area (Å²) in [6.45, 7) is -0.212. The molecule has 0 radical (unpaired) electrons. The number of carbonyl (C=O) groups excluding carboxylic acids is 2. The molecule has 7 nitrogen and oxygen atoms in total. The first-order valence-electron chi connectivity index (χ1n) is 6.67. The Bertz CT molecular complexity index is 799. The van der Waals surface area contributed by atoms with Gasteiger partial charge < -0.3 is 9.47 Å². The molecule has 0 fully saturated rings. The fourth-order valence-electron chi connectivity index (χ4n) is 1.62. The number of hydrogen-bond acceptors (Lipinski definition) is 6. The van der Waals surface area contributed by atoms with Gasteiger partial charge in [0.05, 0.1) is 12.2 Å². The summed E-state index contributed by atoms with van der Waals surface area (Å²) in [4.78, 5) is 23.3. The molecule has 0 aliphatic carbocycles. The Balaban J connectivity index is 2.47.